The van der Waals surface area contributed by atoms with Crippen LogP contribution in [0.3, 0.4) is 0 Å². The normalized spacial score (nSPS) is 15.8. The minimum Gasteiger partial charge on any atom is -0.381 e. The van der Waals surface area contributed by atoms with Gasteiger partial charge in [-0.1, -0.05) is 35.9 Å². The van der Waals surface area contributed by atoms with E-state index in [0.717, 1.165) is 34.7 Å². The van der Waals surface area contributed by atoms with Gasteiger partial charge >= 0.3 is 0 Å². The molecular formula is C23H24ClN3O2. The molecule has 0 saturated carbocycles. The van der Waals surface area contributed by atoms with Gasteiger partial charge < -0.3 is 10.1 Å². The molecule has 1 N–H and O–H groups in total. The third-order valence-electron chi connectivity index (χ3n) is 5.58. The first-order chi connectivity index (χ1) is 14.1. The lowest BCUT2D eigenvalue weighted by Gasteiger charge is -2.38. The quantitative estimate of drug-likeness (QED) is 0.671. The van der Waals surface area contributed by atoms with Gasteiger partial charge in [-0.25, -0.2) is 4.68 Å². The molecule has 0 atom stereocenters. The molecule has 3 aromatic rings. The summed E-state index contributed by atoms with van der Waals surface area (Å²) in [5.74, 6) is 0.0183. The van der Waals surface area contributed by atoms with Crippen molar-refractivity contribution in [3.05, 3.63) is 83.1 Å². The van der Waals surface area contributed by atoms with Crippen molar-refractivity contribution in [1.29, 1.82) is 0 Å². The number of benzene rings is 2. The number of ether oxygens (including phenoxy) is 1. The second kappa shape index (κ2) is 8.80. The molecule has 1 aliphatic rings. The Morgan fingerprint density at radius 1 is 1.14 bits per heavy atom. The van der Waals surface area contributed by atoms with Crippen molar-refractivity contribution >= 4 is 17.5 Å². The number of hydrogen-bond acceptors (Lipinski definition) is 3. The van der Waals surface area contributed by atoms with Gasteiger partial charge in [-0.2, -0.15) is 5.10 Å². The van der Waals surface area contributed by atoms with Crippen molar-refractivity contribution in [2.24, 2.45) is 0 Å². The lowest BCUT2D eigenvalue weighted by Crippen LogP contribution is -2.45. The fraction of sp³-hybridized carbons (Fsp3) is 0.304. The summed E-state index contributed by atoms with van der Waals surface area (Å²) in [4.78, 5) is 12.6. The number of nitrogens with zero attached hydrogens (tertiary/aromatic N) is 2. The van der Waals surface area contributed by atoms with Crippen LogP contribution in [0.15, 0.2) is 67.0 Å². The van der Waals surface area contributed by atoms with Gasteiger partial charge in [0.2, 0.25) is 5.91 Å². The topological polar surface area (TPSA) is 56.2 Å². The summed E-state index contributed by atoms with van der Waals surface area (Å²) in [6, 6.07) is 17.7. The number of carbonyl (C=O) groups excluding carboxylic acids is 1. The molecule has 1 amide bonds. The molecule has 1 aromatic heterocycles. The predicted octanol–water partition coefficient (Wildman–Crippen LogP) is 3.93. The van der Waals surface area contributed by atoms with E-state index < -0.39 is 0 Å². The summed E-state index contributed by atoms with van der Waals surface area (Å²) in [6.45, 7) is 1.97. The Kier molecular flexibility index (Phi) is 5.97. The lowest BCUT2D eigenvalue weighted by atomic mass is 9.74. The van der Waals surface area contributed by atoms with Gasteiger partial charge in [-0.3, -0.25) is 4.79 Å². The van der Waals surface area contributed by atoms with Crippen LogP contribution in [0.2, 0.25) is 5.02 Å². The fourth-order valence-corrected chi connectivity index (χ4v) is 4.04. The van der Waals surface area contributed by atoms with Crippen molar-refractivity contribution in [1.82, 2.24) is 15.1 Å². The number of carbonyl (C=O) groups is 1. The van der Waals surface area contributed by atoms with E-state index in [-0.39, 0.29) is 11.3 Å². The van der Waals surface area contributed by atoms with E-state index in [1.54, 1.807) is 10.9 Å². The van der Waals surface area contributed by atoms with Crippen LogP contribution in [0.4, 0.5) is 0 Å². The maximum atomic E-state index is 12.6. The molecule has 0 spiro atoms. The van der Waals surface area contributed by atoms with Gasteiger partial charge in [0.25, 0.3) is 0 Å². The molecule has 150 valence electrons. The van der Waals surface area contributed by atoms with Crippen LogP contribution in [0.25, 0.3) is 5.69 Å². The van der Waals surface area contributed by atoms with Gasteiger partial charge in [-0.05, 0) is 54.3 Å². The smallest absolute Gasteiger partial charge is 0.224 e. The summed E-state index contributed by atoms with van der Waals surface area (Å²) in [7, 11) is 0. The Bertz CT molecular complexity index is 949. The van der Waals surface area contributed by atoms with Crippen molar-refractivity contribution in [3.63, 3.8) is 0 Å². The number of rotatable bonds is 6. The highest BCUT2D eigenvalue weighted by atomic mass is 35.5. The average Bonchev–Trinajstić information content (AvgIpc) is 3.28. The number of amides is 1. The third-order valence-corrected chi connectivity index (χ3v) is 5.82. The van der Waals surface area contributed by atoms with E-state index in [2.05, 4.69) is 16.5 Å². The van der Waals surface area contributed by atoms with Gasteiger partial charge in [0, 0.05) is 42.6 Å². The predicted molar refractivity (Wildman–Crippen MR) is 113 cm³/mol. The number of nitrogens with one attached hydrogen (secondary N) is 1. The SMILES string of the molecule is O=C(Cc1ccc(-n2cccn2)cc1)NCC1(c2cccc(Cl)c2)CCOCC1. The molecule has 6 heteroatoms. The summed E-state index contributed by atoms with van der Waals surface area (Å²) in [5.41, 5.74) is 2.98. The molecular weight excluding hydrogens is 386 g/mol. The zero-order chi connectivity index (χ0) is 20.1. The summed E-state index contributed by atoms with van der Waals surface area (Å²) >= 11 is 6.22. The van der Waals surface area contributed by atoms with Gasteiger partial charge in [0.05, 0.1) is 12.1 Å². The number of aromatic nitrogens is 2. The molecule has 2 aromatic carbocycles. The zero-order valence-corrected chi connectivity index (χ0v) is 16.9. The van der Waals surface area contributed by atoms with Crippen LogP contribution in [0.1, 0.15) is 24.0 Å². The molecule has 1 fully saturated rings. The fourth-order valence-electron chi connectivity index (χ4n) is 3.85. The Morgan fingerprint density at radius 3 is 2.62 bits per heavy atom. The molecule has 0 unspecified atom stereocenters. The second-order valence-corrected chi connectivity index (χ2v) is 7.91. The Hall–Kier alpha value is -2.63. The van der Waals surface area contributed by atoms with E-state index in [9.17, 15) is 4.79 Å². The highest BCUT2D eigenvalue weighted by Gasteiger charge is 2.35. The summed E-state index contributed by atoms with van der Waals surface area (Å²) < 4.78 is 7.36. The molecule has 0 bridgehead atoms. The van der Waals surface area contributed by atoms with Crippen molar-refractivity contribution in [2.75, 3.05) is 19.8 Å². The van der Waals surface area contributed by atoms with Crippen LogP contribution in [0, 0.1) is 0 Å². The summed E-state index contributed by atoms with van der Waals surface area (Å²) in [5, 5.41) is 8.08. The Labute approximate surface area is 175 Å². The monoisotopic (exact) mass is 409 g/mol. The molecule has 1 saturated heterocycles. The maximum Gasteiger partial charge on any atom is 0.224 e. The molecule has 29 heavy (non-hydrogen) atoms. The lowest BCUT2D eigenvalue weighted by molar-refractivity contribution is -0.120. The maximum absolute atomic E-state index is 12.6. The Balaban J connectivity index is 1.40. The standard InChI is InChI=1S/C23H24ClN3O2/c24-20-4-1-3-19(16-20)23(9-13-29-14-10-23)17-25-22(28)15-18-5-7-21(8-6-18)27-12-2-11-26-27/h1-8,11-12,16H,9-10,13-15,17H2,(H,25,28). The van der Waals surface area contributed by atoms with E-state index in [0.29, 0.717) is 26.2 Å². The van der Waals surface area contributed by atoms with E-state index >= 15 is 0 Å². The van der Waals surface area contributed by atoms with E-state index in [1.165, 1.54) is 0 Å². The van der Waals surface area contributed by atoms with Gasteiger partial charge in [0.15, 0.2) is 0 Å². The highest BCUT2D eigenvalue weighted by molar-refractivity contribution is 6.30. The van der Waals surface area contributed by atoms with Crippen LogP contribution in [-0.4, -0.2) is 35.4 Å². The van der Waals surface area contributed by atoms with Crippen molar-refractivity contribution in [2.45, 2.75) is 24.7 Å². The number of hydrogen-bond donors (Lipinski definition) is 1. The molecule has 0 aliphatic carbocycles. The molecule has 4 rings (SSSR count). The Morgan fingerprint density at radius 2 is 1.93 bits per heavy atom. The minimum atomic E-state index is -0.136. The van der Waals surface area contributed by atoms with Crippen LogP contribution in [0.5, 0.6) is 0 Å². The van der Waals surface area contributed by atoms with Crippen LogP contribution in [-0.2, 0) is 21.4 Å². The first-order valence-corrected chi connectivity index (χ1v) is 10.2. The zero-order valence-electron chi connectivity index (χ0n) is 16.2. The van der Waals surface area contributed by atoms with Gasteiger partial charge in [0.1, 0.15) is 0 Å². The first-order valence-electron chi connectivity index (χ1n) is 9.84. The molecule has 1 aliphatic heterocycles. The summed E-state index contributed by atoms with van der Waals surface area (Å²) in [6.07, 6.45) is 5.72. The highest BCUT2D eigenvalue weighted by Crippen LogP contribution is 2.35. The van der Waals surface area contributed by atoms with Crippen LogP contribution >= 0.6 is 11.6 Å². The van der Waals surface area contributed by atoms with Crippen molar-refractivity contribution in [3.8, 4) is 5.69 Å². The molecule has 2 heterocycles. The van der Waals surface area contributed by atoms with Gasteiger partial charge in [-0.15, -0.1) is 0 Å². The van der Waals surface area contributed by atoms with Crippen molar-refractivity contribution < 1.29 is 9.53 Å². The third kappa shape index (κ3) is 4.69. The largest absolute Gasteiger partial charge is 0.381 e. The second-order valence-electron chi connectivity index (χ2n) is 7.47. The minimum absolute atomic E-state index is 0.0183. The first kappa shape index (κ1) is 19.7. The van der Waals surface area contributed by atoms with E-state index in [4.69, 9.17) is 16.3 Å². The molecule has 0 radical (unpaired) electrons. The average molecular weight is 410 g/mol. The molecule has 5 nitrogen and oxygen atoms in total. The van der Waals surface area contributed by atoms with E-state index in [1.807, 2.05) is 54.7 Å². The van der Waals surface area contributed by atoms with Crippen LogP contribution < -0.4 is 5.32 Å². The number of halogens is 1.